The predicted octanol–water partition coefficient (Wildman–Crippen LogP) is 3.28. The average molecular weight is 261 g/mol. The minimum absolute atomic E-state index is 0.110. The number of rotatable bonds is 6. The highest BCUT2D eigenvalue weighted by Crippen LogP contribution is 2.27. The maximum atomic E-state index is 11.8. The van der Waals surface area contributed by atoms with Crippen molar-refractivity contribution < 1.29 is 4.79 Å². The number of hydrogen-bond acceptors (Lipinski definition) is 3. The van der Waals surface area contributed by atoms with E-state index in [1.54, 1.807) is 6.20 Å². The van der Waals surface area contributed by atoms with Gasteiger partial charge in [-0.2, -0.15) is 0 Å². The number of aromatic nitrogens is 1. The maximum Gasteiger partial charge on any atom is 0.228 e. The van der Waals surface area contributed by atoms with Crippen molar-refractivity contribution in [2.45, 2.75) is 39.5 Å². The molecule has 4 heteroatoms. The molecule has 1 saturated carbocycles. The minimum Gasteiger partial charge on any atom is -0.384 e. The van der Waals surface area contributed by atoms with Crippen molar-refractivity contribution in [3.8, 4) is 0 Å². The third-order valence-corrected chi connectivity index (χ3v) is 3.54. The molecule has 19 heavy (non-hydrogen) atoms. The zero-order chi connectivity index (χ0) is 13.7. The Morgan fingerprint density at radius 3 is 2.74 bits per heavy atom. The average Bonchev–Trinajstić information content (AvgIpc) is 2.28. The molecule has 1 aromatic rings. The van der Waals surface area contributed by atoms with E-state index >= 15 is 0 Å². The number of nitrogens with zero attached hydrogens (tertiary/aromatic N) is 1. The molecule has 1 fully saturated rings. The number of carbonyl (C=O) groups is 1. The normalized spacial score (nSPS) is 15.1. The van der Waals surface area contributed by atoms with Gasteiger partial charge in [0.15, 0.2) is 0 Å². The molecule has 2 rings (SSSR count). The van der Waals surface area contributed by atoms with Crippen molar-refractivity contribution in [1.82, 2.24) is 4.98 Å². The zero-order valence-electron chi connectivity index (χ0n) is 11.8. The lowest BCUT2D eigenvalue weighted by Crippen LogP contribution is -2.28. The molecule has 0 spiro atoms. The van der Waals surface area contributed by atoms with Crippen LogP contribution < -0.4 is 10.6 Å². The van der Waals surface area contributed by atoms with Crippen LogP contribution in [0.5, 0.6) is 0 Å². The lowest BCUT2D eigenvalue weighted by Gasteiger charge is -2.23. The van der Waals surface area contributed by atoms with Gasteiger partial charge in [-0.15, -0.1) is 0 Å². The molecule has 1 heterocycles. The molecule has 0 aliphatic heterocycles. The molecule has 1 amide bonds. The highest BCUT2D eigenvalue weighted by atomic mass is 16.2. The standard InChI is InChI=1S/C15H23N3O/c1-11(2)8-9-16-13-6-7-14(17-10-13)18-15(19)12-4-3-5-12/h6-7,10-12,16H,3-5,8-9H2,1-2H3,(H,17,18,19). The SMILES string of the molecule is CC(C)CCNc1ccc(NC(=O)C2CCC2)nc1. The van der Waals surface area contributed by atoms with Crippen molar-refractivity contribution in [2.24, 2.45) is 11.8 Å². The van der Waals surface area contributed by atoms with E-state index < -0.39 is 0 Å². The Labute approximate surface area is 115 Å². The largest absolute Gasteiger partial charge is 0.384 e. The van der Waals surface area contributed by atoms with Gasteiger partial charge in [0.1, 0.15) is 5.82 Å². The Morgan fingerprint density at radius 2 is 2.21 bits per heavy atom. The van der Waals surface area contributed by atoms with Gasteiger partial charge in [0.05, 0.1) is 11.9 Å². The smallest absolute Gasteiger partial charge is 0.228 e. The first-order valence-corrected chi connectivity index (χ1v) is 7.16. The van der Waals surface area contributed by atoms with Crippen LogP contribution in [0, 0.1) is 11.8 Å². The summed E-state index contributed by atoms with van der Waals surface area (Å²) >= 11 is 0. The fourth-order valence-electron chi connectivity index (χ4n) is 1.98. The monoisotopic (exact) mass is 261 g/mol. The lowest BCUT2D eigenvalue weighted by molar-refractivity contribution is -0.122. The van der Waals surface area contributed by atoms with Crippen LogP contribution in [0.2, 0.25) is 0 Å². The van der Waals surface area contributed by atoms with Crippen LogP contribution in [-0.4, -0.2) is 17.4 Å². The quantitative estimate of drug-likeness (QED) is 0.826. The van der Waals surface area contributed by atoms with Crippen molar-refractivity contribution in [1.29, 1.82) is 0 Å². The summed E-state index contributed by atoms with van der Waals surface area (Å²) < 4.78 is 0. The molecule has 2 N–H and O–H groups in total. The Morgan fingerprint density at radius 1 is 1.42 bits per heavy atom. The molecule has 0 unspecified atom stereocenters. The minimum atomic E-state index is 0.110. The summed E-state index contributed by atoms with van der Waals surface area (Å²) in [6.45, 7) is 5.37. The fourth-order valence-corrected chi connectivity index (χ4v) is 1.98. The van der Waals surface area contributed by atoms with E-state index in [1.165, 1.54) is 6.42 Å². The Balaban J connectivity index is 1.78. The summed E-state index contributed by atoms with van der Waals surface area (Å²) in [6, 6.07) is 3.82. The molecule has 0 bridgehead atoms. The van der Waals surface area contributed by atoms with E-state index in [-0.39, 0.29) is 11.8 Å². The van der Waals surface area contributed by atoms with Gasteiger partial charge in [-0.1, -0.05) is 20.3 Å². The van der Waals surface area contributed by atoms with Crippen LogP contribution in [0.1, 0.15) is 39.5 Å². The highest BCUT2D eigenvalue weighted by Gasteiger charge is 2.25. The van der Waals surface area contributed by atoms with E-state index in [0.717, 1.165) is 31.5 Å². The molecular formula is C15H23N3O. The van der Waals surface area contributed by atoms with Gasteiger partial charge in [-0.25, -0.2) is 4.98 Å². The Kier molecular flexibility index (Phi) is 4.77. The fraction of sp³-hybridized carbons (Fsp3) is 0.600. The Bertz CT molecular complexity index is 410. The molecular weight excluding hydrogens is 238 g/mol. The van der Waals surface area contributed by atoms with Crippen LogP contribution in [0.4, 0.5) is 11.5 Å². The summed E-state index contributed by atoms with van der Waals surface area (Å²) in [5.41, 5.74) is 1.00. The van der Waals surface area contributed by atoms with E-state index in [2.05, 4.69) is 29.5 Å². The van der Waals surface area contributed by atoms with Crippen molar-refractivity contribution >= 4 is 17.4 Å². The number of pyridine rings is 1. The van der Waals surface area contributed by atoms with Crippen molar-refractivity contribution in [2.75, 3.05) is 17.2 Å². The van der Waals surface area contributed by atoms with Gasteiger partial charge in [0, 0.05) is 12.5 Å². The van der Waals surface area contributed by atoms with Crippen LogP contribution in [0.25, 0.3) is 0 Å². The molecule has 0 aromatic carbocycles. The van der Waals surface area contributed by atoms with Gasteiger partial charge < -0.3 is 10.6 Å². The molecule has 0 atom stereocenters. The third kappa shape index (κ3) is 4.23. The van der Waals surface area contributed by atoms with Crippen molar-refractivity contribution in [3.05, 3.63) is 18.3 Å². The maximum absolute atomic E-state index is 11.8. The molecule has 4 nitrogen and oxygen atoms in total. The predicted molar refractivity (Wildman–Crippen MR) is 78.2 cm³/mol. The van der Waals surface area contributed by atoms with Gasteiger partial charge in [0.2, 0.25) is 5.91 Å². The van der Waals surface area contributed by atoms with Gasteiger partial charge in [-0.05, 0) is 37.3 Å². The van der Waals surface area contributed by atoms with Crippen LogP contribution >= 0.6 is 0 Å². The van der Waals surface area contributed by atoms with Crippen LogP contribution in [0.3, 0.4) is 0 Å². The van der Waals surface area contributed by atoms with E-state index in [0.29, 0.717) is 11.7 Å². The zero-order valence-corrected chi connectivity index (χ0v) is 11.8. The van der Waals surface area contributed by atoms with Crippen LogP contribution in [0.15, 0.2) is 18.3 Å². The summed E-state index contributed by atoms with van der Waals surface area (Å²) in [5, 5.41) is 6.19. The number of anilines is 2. The van der Waals surface area contributed by atoms with E-state index in [4.69, 9.17) is 0 Å². The molecule has 1 aliphatic rings. The highest BCUT2D eigenvalue weighted by molar-refractivity contribution is 5.92. The summed E-state index contributed by atoms with van der Waals surface area (Å²) in [6.07, 6.45) is 6.11. The third-order valence-electron chi connectivity index (χ3n) is 3.54. The van der Waals surface area contributed by atoms with Gasteiger partial charge >= 0.3 is 0 Å². The van der Waals surface area contributed by atoms with Gasteiger partial charge in [-0.3, -0.25) is 4.79 Å². The second-order valence-electron chi connectivity index (χ2n) is 5.66. The van der Waals surface area contributed by atoms with Gasteiger partial charge in [0.25, 0.3) is 0 Å². The first-order valence-electron chi connectivity index (χ1n) is 7.16. The molecule has 1 aromatic heterocycles. The lowest BCUT2D eigenvalue weighted by atomic mass is 9.85. The van der Waals surface area contributed by atoms with Crippen LogP contribution in [-0.2, 0) is 4.79 Å². The number of nitrogens with one attached hydrogen (secondary N) is 2. The molecule has 1 aliphatic carbocycles. The second-order valence-corrected chi connectivity index (χ2v) is 5.66. The first kappa shape index (κ1) is 13.8. The first-order chi connectivity index (χ1) is 9.15. The molecule has 104 valence electrons. The Hall–Kier alpha value is -1.58. The second kappa shape index (κ2) is 6.55. The topological polar surface area (TPSA) is 54.0 Å². The van der Waals surface area contributed by atoms with E-state index in [9.17, 15) is 4.79 Å². The van der Waals surface area contributed by atoms with Crippen molar-refractivity contribution in [3.63, 3.8) is 0 Å². The molecule has 0 saturated heterocycles. The summed E-state index contributed by atoms with van der Waals surface area (Å²) in [5.74, 6) is 1.65. The summed E-state index contributed by atoms with van der Waals surface area (Å²) in [7, 11) is 0. The summed E-state index contributed by atoms with van der Waals surface area (Å²) in [4.78, 5) is 16.0. The van der Waals surface area contributed by atoms with E-state index in [1.807, 2.05) is 12.1 Å². The number of hydrogen-bond donors (Lipinski definition) is 2. The molecule has 0 radical (unpaired) electrons. The number of carbonyl (C=O) groups excluding carboxylic acids is 1. The number of amides is 1.